The van der Waals surface area contributed by atoms with Gasteiger partial charge in [-0.2, -0.15) is 5.10 Å². The van der Waals surface area contributed by atoms with E-state index in [1.165, 1.54) is 10.7 Å². The molecule has 0 atom stereocenters. The molecule has 2 aromatic heterocycles. The van der Waals surface area contributed by atoms with Crippen molar-refractivity contribution in [1.82, 2.24) is 19.7 Å². The van der Waals surface area contributed by atoms with Gasteiger partial charge >= 0.3 is 0 Å². The lowest BCUT2D eigenvalue weighted by atomic mass is 10.3. The average Bonchev–Trinajstić information content (AvgIpc) is 3.37. The summed E-state index contributed by atoms with van der Waals surface area (Å²) in [5.41, 5.74) is 1.48. The van der Waals surface area contributed by atoms with Gasteiger partial charge in [-0.1, -0.05) is 18.2 Å². The second-order valence-corrected chi connectivity index (χ2v) is 6.08. The highest BCUT2D eigenvalue weighted by molar-refractivity contribution is 5.92. The van der Waals surface area contributed by atoms with Gasteiger partial charge in [0.1, 0.15) is 11.5 Å². The van der Waals surface area contributed by atoms with E-state index in [0.29, 0.717) is 17.9 Å². The number of carbonyl (C=O) groups excluding carboxylic acids is 1. The molecule has 25 heavy (non-hydrogen) atoms. The zero-order chi connectivity index (χ0) is 17.2. The SMILES string of the molecule is O=C(c1ccn(-c2ccccc2F)n1)N(Cc1ccccn1)C1CC1. The van der Waals surface area contributed by atoms with Gasteiger partial charge in [0.05, 0.1) is 12.2 Å². The van der Waals surface area contributed by atoms with Crippen molar-refractivity contribution >= 4 is 5.91 Å². The van der Waals surface area contributed by atoms with Gasteiger partial charge in [0.25, 0.3) is 5.91 Å². The minimum Gasteiger partial charge on any atom is -0.328 e. The van der Waals surface area contributed by atoms with Crippen LogP contribution < -0.4 is 0 Å². The Balaban J connectivity index is 1.58. The maximum absolute atomic E-state index is 13.9. The van der Waals surface area contributed by atoms with Gasteiger partial charge in [0, 0.05) is 18.4 Å². The molecule has 126 valence electrons. The molecular weight excluding hydrogens is 319 g/mol. The first-order valence-electron chi connectivity index (χ1n) is 8.24. The van der Waals surface area contributed by atoms with Crippen molar-refractivity contribution in [2.45, 2.75) is 25.4 Å². The second-order valence-electron chi connectivity index (χ2n) is 6.08. The third-order valence-electron chi connectivity index (χ3n) is 4.21. The predicted molar refractivity (Wildman–Crippen MR) is 90.7 cm³/mol. The van der Waals surface area contributed by atoms with Crippen molar-refractivity contribution in [3.05, 3.63) is 78.1 Å². The molecule has 0 radical (unpaired) electrons. The lowest BCUT2D eigenvalue weighted by Crippen LogP contribution is -2.33. The molecule has 0 spiro atoms. The number of carbonyl (C=O) groups is 1. The van der Waals surface area contributed by atoms with Crippen LogP contribution in [-0.2, 0) is 6.54 Å². The molecule has 1 fully saturated rings. The largest absolute Gasteiger partial charge is 0.328 e. The minimum atomic E-state index is -0.378. The number of pyridine rings is 1. The highest BCUT2D eigenvalue weighted by Crippen LogP contribution is 2.29. The monoisotopic (exact) mass is 336 g/mol. The van der Waals surface area contributed by atoms with E-state index < -0.39 is 0 Å². The number of benzene rings is 1. The smallest absolute Gasteiger partial charge is 0.274 e. The number of rotatable bonds is 5. The average molecular weight is 336 g/mol. The summed E-state index contributed by atoms with van der Waals surface area (Å²) in [5, 5.41) is 4.28. The van der Waals surface area contributed by atoms with Crippen molar-refractivity contribution in [2.24, 2.45) is 0 Å². The van der Waals surface area contributed by atoms with Crippen LogP contribution in [0.15, 0.2) is 60.9 Å². The number of amides is 1. The first-order valence-corrected chi connectivity index (χ1v) is 8.24. The third kappa shape index (κ3) is 3.28. The Bertz CT molecular complexity index is 889. The molecule has 1 aliphatic rings. The quantitative estimate of drug-likeness (QED) is 0.719. The van der Waals surface area contributed by atoms with E-state index in [2.05, 4.69) is 10.1 Å². The summed E-state index contributed by atoms with van der Waals surface area (Å²) in [6.07, 6.45) is 5.31. The molecule has 1 aliphatic carbocycles. The van der Waals surface area contributed by atoms with Gasteiger partial charge in [-0.05, 0) is 43.2 Å². The molecule has 3 aromatic rings. The summed E-state index contributed by atoms with van der Waals surface area (Å²) < 4.78 is 15.3. The molecule has 6 heteroatoms. The molecule has 0 saturated heterocycles. The summed E-state index contributed by atoms with van der Waals surface area (Å²) in [7, 11) is 0. The zero-order valence-electron chi connectivity index (χ0n) is 13.5. The molecule has 0 bridgehead atoms. The fourth-order valence-corrected chi connectivity index (χ4v) is 2.78. The molecule has 2 heterocycles. The zero-order valence-corrected chi connectivity index (χ0v) is 13.5. The van der Waals surface area contributed by atoms with E-state index in [0.717, 1.165) is 18.5 Å². The van der Waals surface area contributed by atoms with Crippen LogP contribution in [0.5, 0.6) is 0 Å². The van der Waals surface area contributed by atoms with Gasteiger partial charge in [0.2, 0.25) is 0 Å². The molecule has 1 saturated carbocycles. The Kier molecular flexibility index (Phi) is 4.01. The predicted octanol–water partition coefficient (Wildman–Crippen LogP) is 3.21. The number of para-hydroxylation sites is 1. The highest BCUT2D eigenvalue weighted by Gasteiger charge is 2.34. The highest BCUT2D eigenvalue weighted by atomic mass is 19.1. The summed E-state index contributed by atoms with van der Waals surface area (Å²) in [6, 6.07) is 13.9. The minimum absolute atomic E-state index is 0.150. The third-order valence-corrected chi connectivity index (χ3v) is 4.21. The van der Waals surface area contributed by atoms with Crippen LogP contribution in [0, 0.1) is 5.82 Å². The first kappa shape index (κ1) is 15.5. The van der Waals surface area contributed by atoms with Gasteiger partial charge < -0.3 is 4.90 Å². The van der Waals surface area contributed by atoms with Crippen LogP contribution in [0.25, 0.3) is 5.69 Å². The molecule has 0 N–H and O–H groups in total. The Morgan fingerprint density at radius 3 is 2.68 bits per heavy atom. The normalized spacial score (nSPS) is 13.6. The molecule has 0 aliphatic heterocycles. The van der Waals surface area contributed by atoms with Crippen LogP contribution in [0.3, 0.4) is 0 Å². The van der Waals surface area contributed by atoms with E-state index in [1.54, 1.807) is 41.6 Å². The fraction of sp³-hybridized carbons (Fsp3) is 0.211. The topological polar surface area (TPSA) is 51.0 Å². The van der Waals surface area contributed by atoms with Crippen molar-refractivity contribution in [3.63, 3.8) is 0 Å². The molecule has 4 rings (SSSR count). The number of halogens is 1. The Morgan fingerprint density at radius 2 is 1.96 bits per heavy atom. The maximum atomic E-state index is 13.9. The number of hydrogen-bond acceptors (Lipinski definition) is 3. The van der Waals surface area contributed by atoms with Gasteiger partial charge in [-0.15, -0.1) is 0 Å². The van der Waals surface area contributed by atoms with E-state index in [1.807, 2.05) is 18.2 Å². The van der Waals surface area contributed by atoms with Crippen molar-refractivity contribution in [3.8, 4) is 5.69 Å². The number of nitrogens with zero attached hydrogens (tertiary/aromatic N) is 4. The summed E-state index contributed by atoms with van der Waals surface area (Å²) in [6.45, 7) is 0.455. The van der Waals surface area contributed by atoms with Crippen LogP contribution in [-0.4, -0.2) is 31.6 Å². The fourth-order valence-electron chi connectivity index (χ4n) is 2.78. The number of hydrogen-bond donors (Lipinski definition) is 0. The van der Waals surface area contributed by atoms with Crippen LogP contribution >= 0.6 is 0 Å². The van der Waals surface area contributed by atoms with Crippen LogP contribution in [0.2, 0.25) is 0 Å². The number of aromatic nitrogens is 3. The Hall–Kier alpha value is -3.02. The van der Waals surface area contributed by atoms with E-state index in [-0.39, 0.29) is 17.8 Å². The van der Waals surface area contributed by atoms with Gasteiger partial charge in [0.15, 0.2) is 5.69 Å². The Morgan fingerprint density at radius 1 is 1.16 bits per heavy atom. The van der Waals surface area contributed by atoms with Gasteiger partial charge in [-0.25, -0.2) is 9.07 Å². The maximum Gasteiger partial charge on any atom is 0.274 e. The van der Waals surface area contributed by atoms with Crippen LogP contribution in [0.1, 0.15) is 29.0 Å². The summed E-state index contributed by atoms with van der Waals surface area (Å²) in [4.78, 5) is 19.0. The van der Waals surface area contributed by atoms with Crippen LogP contribution in [0.4, 0.5) is 4.39 Å². The lowest BCUT2D eigenvalue weighted by Gasteiger charge is -2.21. The van der Waals surface area contributed by atoms with E-state index in [4.69, 9.17) is 0 Å². The molecule has 5 nitrogen and oxygen atoms in total. The standard InChI is InChI=1S/C19H17FN4O/c20-16-6-1-2-7-18(16)24-12-10-17(22-24)19(25)23(15-8-9-15)13-14-5-3-4-11-21-14/h1-7,10-12,15H,8-9,13H2. The Labute approximate surface area is 144 Å². The van der Waals surface area contributed by atoms with Crippen molar-refractivity contribution in [2.75, 3.05) is 0 Å². The first-order chi connectivity index (χ1) is 12.2. The molecule has 1 amide bonds. The second kappa shape index (κ2) is 6.47. The molecular formula is C19H17FN4O. The van der Waals surface area contributed by atoms with Crippen molar-refractivity contribution in [1.29, 1.82) is 0 Å². The summed E-state index contributed by atoms with van der Waals surface area (Å²) in [5.74, 6) is -0.527. The lowest BCUT2D eigenvalue weighted by molar-refractivity contribution is 0.0721. The summed E-state index contributed by atoms with van der Waals surface area (Å²) >= 11 is 0. The molecule has 1 aromatic carbocycles. The van der Waals surface area contributed by atoms with Crippen molar-refractivity contribution < 1.29 is 9.18 Å². The van der Waals surface area contributed by atoms with Gasteiger partial charge in [-0.3, -0.25) is 9.78 Å². The van der Waals surface area contributed by atoms with E-state index >= 15 is 0 Å². The molecule has 0 unspecified atom stereocenters. The van der Waals surface area contributed by atoms with E-state index in [9.17, 15) is 9.18 Å².